The number of fused-ring (bicyclic) bond motifs is 1. The number of carbonyl (C=O) groups excluding carboxylic acids is 1. The molecule has 0 atom stereocenters. The number of hydrogen-bond acceptors (Lipinski definition) is 4. The Morgan fingerprint density at radius 2 is 1.71 bits per heavy atom. The lowest BCUT2D eigenvalue weighted by atomic mass is 10.1. The Kier molecular flexibility index (Phi) is 6.21. The quantitative estimate of drug-likeness (QED) is 0.365. The van der Waals surface area contributed by atoms with E-state index in [1.165, 1.54) is 25.7 Å². The highest BCUT2D eigenvalue weighted by atomic mass is 16.5. The van der Waals surface area contributed by atoms with Crippen LogP contribution in [0, 0.1) is 0 Å². The molecule has 174 valence electrons. The summed E-state index contributed by atoms with van der Waals surface area (Å²) in [6, 6.07) is 23.3. The Morgan fingerprint density at radius 3 is 2.47 bits per heavy atom. The standard InChI is InChI=1S/C28H30N4O2/c1-31(21-11-5-2-3-6-12-21)27(33)20-10-9-13-22(18-20)32-26-19-24(16-17-25(26)30-28(32)29)34-23-14-7-4-8-15-23/h4,7-10,13-19,21H,2-3,5-6,11-12H2,1H3,(H2,29,30). The molecule has 0 bridgehead atoms. The molecule has 1 heterocycles. The zero-order valence-electron chi connectivity index (χ0n) is 19.5. The fourth-order valence-corrected chi connectivity index (χ4v) is 4.83. The Bertz CT molecular complexity index is 1290. The molecule has 0 aliphatic heterocycles. The molecule has 5 rings (SSSR count). The average molecular weight is 455 g/mol. The van der Waals surface area contributed by atoms with E-state index in [4.69, 9.17) is 10.5 Å². The molecule has 0 unspecified atom stereocenters. The second-order valence-corrected chi connectivity index (χ2v) is 8.98. The smallest absolute Gasteiger partial charge is 0.253 e. The number of nitrogen functional groups attached to an aromatic ring is 1. The predicted octanol–water partition coefficient (Wildman–Crippen LogP) is 6.19. The molecule has 0 spiro atoms. The first-order chi connectivity index (χ1) is 16.6. The number of nitrogens with zero attached hydrogens (tertiary/aromatic N) is 3. The van der Waals surface area contributed by atoms with Crippen LogP contribution in [0.4, 0.5) is 5.95 Å². The lowest BCUT2D eigenvalue weighted by Crippen LogP contribution is -2.36. The number of hydrogen-bond donors (Lipinski definition) is 1. The summed E-state index contributed by atoms with van der Waals surface area (Å²) in [5.74, 6) is 1.87. The number of aromatic nitrogens is 2. The highest BCUT2D eigenvalue weighted by molar-refractivity contribution is 5.95. The molecule has 0 radical (unpaired) electrons. The largest absolute Gasteiger partial charge is 0.457 e. The summed E-state index contributed by atoms with van der Waals surface area (Å²) in [5.41, 5.74) is 9.38. The van der Waals surface area contributed by atoms with Crippen molar-refractivity contribution in [1.82, 2.24) is 14.5 Å². The van der Waals surface area contributed by atoms with Crippen molar-refractivity contribution < 1.29 is 9.53 Å². The SMILES string of the molecule is CN(C(=O)c1cccc(-n2c(N)nc3ccc(Oc4ccccc4)cc32)c1)C1CCCCCC1. The van der Waals surface area contributed by atoms with Crippen LogP contribution in [0.2, 0.25) is 0 Å². The second kappa shape index (κ2) is 9.59. The normalized spacial score (nSPS) is 14.6. The molecule has 1 fully saturated rings. The molecule has 1 aromatic heterocycles. The minimum atomic E-state index is 0.0462. The Morgan fingerprint density at radius 1 is 0.941 bits per heavy atom. The van der Waals surface area contributed by atoms with E-state index in [0.717, 1.165) is 35.3 Å². The molecule has 1 aliphatic rings. The molecular formula is C28H30N4O2. The van der Waals surface area contributed by atoms with Crippen molar-refractivity contribution in [2.45, 2.75) is 44.6 Å². The van der Waals surface area contributed by atoms with Gasteiger partial charge in [0.1, 0.15) is 11.5 Å². The van der Waals surface area contributed by atoms with Crippen molar-refractivity contribution >= 4 is 22.9 Å². The molecule has 6 heteroatoms. The molecule has 3 aromatic carbocycles. The molecule has 6 nitrogen and oxygen atoms in total. The number of para-hydroxylation sites is 1. The maximum Gasteiger partial charge on any atom is 0.253 e. The van der Waals surface area contributed by atoms with Gasteiger partial charge in [-0.25, -0.2) is 4.98 Å². The topological polar surface area (TPSA) is 73.4 Å². The number of imidazole rings is 1. The zero-order valence-corrected chi connectivity index (χ0v) is 19.5. The lowest BCUT2D eigenvalue weighted by Gasteiger charge is -2.27. The number of benzene rings is 3. The van der Waals surface area contributed by atoms with E-state index in [-0.39, 0.29) is 5.91 Å². The zero-order chi connectivity index (χ0) is 23.5. The van der Waals surface area contributed by atoms with E-state index in [0.29, 0.717) is 23.3 Å². The van der Waals surface area contributed by atoms with E-state index in [1.54, 1.807) is 0 Å². The average Bonchev–Trinajstić information content (AvgIpc) is 3.01. The van der Waals surface area contributed by atoms with Gasteiger partial charge in [-0.3, -0.25) is 9.36 Å². The molecular weight excluding hydrogens is 424 g/mol. The van der Waals surface area contributed by atoms with Gasteiger partial charge in [0.05, 0.1) is 11.0 Å². The molecule has 0 saturated heterocycles. The Hall–Kier alpha value is -3.80. The fourth-order valence-electron chi connectivity index (χ4n) is 4.83. The highest BCUT2D eigenvalue weighted by Gasteiger charge is 2.23. The third-order valence-electron chi connectivity index (χ3n) is 6.67. The summed E-state index contributed by atoms with van der Waals surface area (Å²) >= 11 is 0. The van der Waals surface area contributed by atoms with Crippen LogP contribution in [0.25, 0.3) is 16.7 Å². The third-order valence-corrected chi connectivity index (χ3v) is 6.67. The molecule has 1 amide bonds. The van der Waals surface area contributed by atoms with Gasteiger partial charge in [0.2, 0.25) is 5.95 Å². The first-order valence-corrected chi connectivity index (χ1v) is 12.0. The highest BCUT2D eigenvalue weighted by Crippen LogP contribution is 2.30. The van der Waals surface area contributed by atoms with Crippen LogP contribution >= 0.6 is 0 Å². The first kappa shape index (κ1) is 22.0. The van der Waals surface area contributed by atoms with E-state index >= 15 is 0 Å². The molecule has 1 saturated carbocycles. The monoisotopic (exact) mass is 454 g/mol. The van der Waals surface area contributed by atoms with Gasteiger partial charge in [-0.15, -0.1) is 0 Å². The van der Waals surface area contributed by atoms with E-state index in [9.17, 15) is 4.79 Å². The van der Waals surface area contributed by atoms with Crippen LogP contribution in [-0.2, 0) is 0 Å². The first-order valence-electron chi connectivity index (χ1n) is 12.0. The van der Waals surface area contributed by atoms with Crippen LogP contribution < -0.4 is 10.5 Å². The van der Waals surface area contributed by atoms with Crippen LogP contribution in [0.5, 0.6) is 11.5 Å². The lowest BCUT2D eigenvalue weighted by molar-refractivity contribution is 0.0717. The van der Waals surface area contributed by atoms with Gasteiger partial charge in [0.25, 0.3) is 5.91 Å². The van der Waals surface area contributed by atoms with Crippen LogP contribution in [0.15, 0.2) is 72.8 Å². The molecule has 4 aromatic rings. The predicted molar refractivity (Wildman–Crippen MR) is 136 cm³/mol. The van der Waals surface area contributed by atoms with Crippen LogP contribution in [0.3, 0.4) is 0 Å². The van der Waals surface area contributed by atoms with Gasteiger partial charge in [0.15, 0.2) is 0 Å². The van der Waals surface area contributed by atoms with Crippen molar-refractivity contribution in [3.63, 3.8) is 0 Å². The minimum Gasteiger partial charge on any atom is -0.457 e. The van der Waals surface area contributed by atoms with Crippen molar-refractivity contribution in [1.29, 1.82) is 0 Å². The fraction of sp³-hybridized carbons (Fsp3) is 0.286. The van der Waals surface area contributed by atoms with Crippen molar-refractivity contribution in [2.75, 3.05) is 12.8 Å². The third kappa shape index (κ3) is 4.49. The van der Waals surface area contributed by atoms with Crippen LogP contribution in [-0.4, -0.2) is 33.4 Å². The summed E-state index contributed by atoms with van der Waals surface area (Å²) in [6.45, 7) is 0. The van der Waals surface area contributed by atoms with E-state index < -0.39 is 0 Å². The van der Waals surface area contributed by atoms with Gasteiger partial charge in [-0.05, 0) is 55.3 Å². The number of carbonyl (C=O) groups is 1. The molecule has 2 N–H and O–H groups in total. The van der Waals surface area contributed by atoms with Gasteiger partial charge < -0.3 is 15.4 Å². The van der Waals surface area contributed by atoms with E-state index in [1.807, 2.05) is 89.3 Å². The summed E-state index contributed by atoms with van der Waals surface area (Å²) < 4.78 is 7.89. The van der Waals surface area contributed by atoms with Crippen molar-refractivity contribution in [3.8, 4) is 17.2 Å². The van der Waals surface area contributed by atoms with Gasteiger partial charge in [0, 0.05) is 30.4 Å². The van der Waals surface area contributed by atoms with Crippen LogP contribution in [0.1, 0.15) is 48.9 Å². The number of rotatable bonds is 5. The number of ether oxygens (including phenoxy) is 1. The Labute approximate surface area is 200 Å². The maximum absolute atomic E-state index is 13.3. The number of anilines is 1. The summed E-state index contributed by atoms with van der Waals surface area (Å²) in [7, 11) is 1.93. The number of amides is 1. The maximum atomic E-state index is 13.3. The number of nitrogens with two attached hydrogens (primary N) is 1. The molecule has 34 heavy (non-hydrogen) atoms. The summed E-state index contributed by atoms with van der Waals surface area (Å²) in [6.07, 6.45) is 7.05. The van der Waals surface area contributed by atoms with E-state index in [2.05, 4.69) is 4.98 Å². The molecule has 1 aliphatic carbocycles. The summed E-state index contributed by atoms with van der Waals surface area (Å²) in [4.78, 5) is 19.8. The minimum absolute atomic E-state index is 0.0462. The van der Waals surface area contributed by atoms with Gasteiger partial charge in [-0.1, -0.05) is 49.9 Å². The van der Waals surface area contributed by atoms with Gasteiger partial charge >= 0.3 is 0 Å². The van der Waals surface area contributed by atoms with Crippen molar-refractivity contribution in [2.24, 2.45) is 0 Å². The summed E-state index contributed by atoms with van der Waals surface area (Å²) in [5, 5.41) is 0. The Balaban J connectivity index is 1.46. The van der Waals surface area contributed by atoms with Crippen molar-refractivity contribution in [3.05, 3.63) is 78.4 Å². The van der Waals surface area contributed by atoms with Gasteiger partial charge in [-0.2, -0.15) is 0 Å². The second-order valence-electron chi connectivity index (χ2n) is 8.98.